The molecule has 0 aliphatic heterocycles. The van der Waals surface area contributed by atoms with Gasteiger partial charge in [-0.2, -0.15) is 0 Å². The van der Waals surface area contributed by atoms with E-state index in [1.165, 1.54) is 0 Å². The number of azo groups is 1. The zero-order valence-corrected chi connectivity index (χ0v) is 10.6. The molecule has 0 unspecified atom stereocenters. The molecule has 0 atom stereocenters. The van der Waals surface area contributed by atoms with Crippen LogP contribution in [-0.4, -0.2) is 15.2 Å². The molecule has 0 aliphatic carbocycles. The summed E-state index contributed by atoms with van der Waals surface area (Å²) in [5, 5.41) is 13.3. The number of hydrogen-bond donors (Lipinski definition) is 2. The van der Waals surface area contributed by atoms with Crippen molar-refractivity contribution in [3.8, 4) is 0 Å². The summed E-state index contributed by atoms with van der Waals surface area (Å²) < 4.78 is 0. The summed E-state index contributed by atoms with van der Waals surface area (Å²) in [6, 6.07) is 5.33. The van der Waals surface area contributed by atoms with Crippen LogP contribution in [0.25, 0.3) is 0 Å². The quantitative estimate of drug-likeness (QED) is 0.797. The summed E-state index contributed by atoms with van der Waals surface area (Å²) in [5.41, 5.74) is 0.539. The van der Waals surface area contributed by atoms with Crippen LogP contribution in [0.2, 0.25) is 0 Å². The molecule has 0 saturated heterocycles. The summed E-state index contributed by atoms with van der Waals surface area (Å²) in [6.45, 7) is 5.98. The minimum atomic E-state index is -0.278. The van der Waals surface area contributed by atoms with Gasteiger partial charge in [-0.25, -0.2) is 4.98 Å². The number of nitrogens with one attached hydrogen (secondary N) is 2. The van der Waals surface area contributed by atoms with Gasteiger partial charge in [-0.15, -0.1) is 10.2 Å². The number of rotatable bonds is 2. The van der Waals surface area contributed by atoms with Crippen molar-refractivity contribution in [1.82, 2.24) is 15.2 Å². The molecule has 0 radical (unpaired) electrons. The number of hydrogen-bond acceptors (Lipinski definition) is 4. The summed E-state index contributed by atoms with van der Waals surface area (Å²) in [4.78, 5) is 15.7. The lowest BCUT2D eigenvalue weighted by atomic mass is 9.91. The van der Waals surface area contributed by atoms with Gasteiger partial charge in [0.25, 0.3) is 5.56 Å². The second-order valence-electron chi connectivity index (χ2n) is 4.94. The van der Waals surface area contributed by atoms with Crippen LogP contribution in [0.1, 0.15) is 26.5 Å². The number of aromatic nitrogens is 3. The zero-order chi connectivity index (χ0) is 13.2. The van der Waals surface area contributed by atoms with Crippen LogP contribution >= 0.6 is 0 Å². The van der Waals surface area contributed by atoms with Crippen molar-refractivity contribution in [2.24, 2.45) is 10.2 Å². The van der Waals surface area contributed by atoms with E-state index >= 15 is 0 Å². The summed E-state index contributed by atoms with van der Waals surface area (Å²) in [7, 11) is 0. The Morgan fingerprint density at radius 2 is 1.94 bits per heavy atom. The first-order valence-corrected chi connectivity index (χ1v) is 5.62. The van der Waals surface area contributed by atoms with E-state index in [1.54, 1.807) is 18.3 Å². The van der Waals surface area contributed by atoms with E-state index in [0.29, 0.717) is 11.5 Å². The van der Waals surface area contributed by atoms with Gasteiger partial charge < -0.3 is 0 Å². The van der Waals surface area contributed by atoms with E-state index in [-0.39, 0.29) is 11.0 Å². The molecule has 0 aliphatic rings. The molecule has 2 heterocycles. The fraction of sp³-hybridized carbons (Fsp3) is 0.333. The maximum absolute atomic E-state index is 11.6. The SMILES string of the molecule is CC(C)(C)c1[nH][nH]c(=O)c1N=Nc1ccccn1. The van der Waals surface area contributed by atoms with Crippen LogP contribution in [0.4, 0.5) is 11.5 Å². The molecule has 0 aromatic carbocycles. The van der Waals surface area contributed by atoms with Gasteiger partial charge in [-0.05, 0) is 12.1 Å². The molecule has 2 aromatic heterocycles. The van der Waals surface area contributed by atoms with E-state index in [2.05, 4.69) is 25.4 Å². The molecule has 0 amide bonds. The largest absolute Gasteiger partial charge is 0.299 e. The summed E-state index contributed by atoms with van der Waals surface area (Å²) >= 11 is 0. The van der Waals surface area contributed by atoms with E-state index in [1.807, 2.05) is 26.8 Å². The van der Waals surface area contributed by atoms with Crippen molar-refractivity contribution in [2.45, 2.75) is 26.2 Å². The second-order valence-corrected chi connectivity index (χ2v) is 4.94. The van der Waals surface area contributed by atoms with Crippen LogP contribution < -0.4 is 5.56 Å². The molecule has 6 heteroatoms. The standard InChI is InChI=1S/C12H15N5O/c1-12(2,3)10-9(11(18)17-16-10)15-14-8-6-4-5-7-13-8/h4-7H,1-3H3,(H2,16,17,18). The summed E-state index contributed by atoms with van der Waals surface area (Å²) in [6.07, 6.45) is 1.63. The van der Waals surface area contributed by atoms with Crippen LogP contribution in [0.5, 0.6) is 0 Å². The first-order chi connectivity index (χ1) is 8.48. The van der Waals surface area contributed by atoms with E-state index in [0.717, 1.165) is 5.69 Å². The maximum atomic E-state index is 11.6. The number of nitrogens with zero attached hydrogens (tertiary/aromatic N) is 3. The molecule has 0 bridgehead atoms. The minimum Gasteiger partial charge on any atom is -0.299 e. The van der Waals surface area contributed by atoms with Gasteiger partial charge in [-0.1, -0.05) is 26.8 Å². The average Bonchev–Trinajstić information content (AvgIpc) is 2.69. The number of H-pyrrole nitrogens is 2. The van der Waals surface area contributed by atoms with Gasteiger partial charge in [0.15, 0.2) is 11.5 Å². The molecule has 2 rings (SSSR count). The highest BCUT2D eigenvalue weighted by Crippen LogP contribution is 2.27. The zero-order valence-electron chi connectivity index (χ0n) is 10.6. The van der Waals surface area contributed by atoms with Gasteiger partial charge in [0.05, 0.1) is 5.69 Å². The Morgan fingerprint density at radius 1 is 1.17 bits per heavy atom. The highest BCUT2D eigenvalue weighted by molar-refractivity contribution is 5.43. The Hall–Kier alpha value is -2.24. The van der Waals surface area contributed by atoms with Crippen LogP contribution in [0, 0.1) is 0 Å². The van der Waals surface area contributed by atoms with E-state index < -0.39 is 0 Å². The van der Waals surface area contributed by atoms with E-state index in [9.17, 15) is 4.79 Å². The molecule has 0 saturated carbocycles. The van der Waals surface area contributed by atoms with Gasteiger partial charge in [0, 0.05) is 11.6 Å². The van der Waals surface area contributed by atoms with Crippen LogP contribution in [0.3, 0.4) is 0 Å². The fourth-order valence-electron chi connectivity index (χ4n) is 1.50. The van der Waals surface area contributed by atoms with Crippen molar-refractivity contribution in [2.75, 3.05) is 0 Å². The number of pyridine rings is 1. The summed E-state index contributed by atoms with van der Waals surface area (Å²) in [5.74, 6) is 0.470. The first-order valence-electron chi connectivity index (χ1n) is 5.62. The van der Waals surface area contributed by atoms with Crippen molar-refractivity contribution in [1.29, 1.82) is 0 Å². The normalized spacial score (nSPS) is 12.2. The maximum Gasteiger partial charge on any atom is 0.292 e. The minimum absolute atomic E-state index is 0.211. The molecule has 18 heavy (non-hydrogen) atoms. The lowest BCUT2D eigenvalue weighted by Crippen LogP contribution is -2.12. The lowest BCUT2D eigenvalue weighted by Gasteiger charge is -2.15. The van der Waals surface area contributed by atoms with Crippen molar-refractivity contribution < 1.29 is 0 Å². The predicted molar refractivity (Wildman–Crippen MR) is 68.5 cm³/mol. The van der Waals surface area contributed by atoms with Crippen LogP contribution in [0.15, 0.2) is 39.4 Å². The molecule has 2 N–H and O–H groups in total. The van der Waals surface area contributed by atoms with Gasteiger partial charge in [0.2, 0.25) is 0 Å². The molecule has 6 nitrogen and oxygen atoms in total. The smallest absolute Gasteiger partial charge is 0.292 e. The van der Waals surface area contributed by atoms with Gasteiger partial charge >= 0.3 is 0 Å². The van der Waals surface area contributed by atoms with Crippen LogP contribution in [-0.2, 0) is 5.41 Å². The van der Waals surface area contributed by atoms with Crippen molar-refractivity contribution >= 4 is 11.5 Å². The molecular weight excluding hydrogens is 230 g/mol. The second kappa shape index (κ2) is 4.56. The van der Waals surface area contributed by atoms with Crippen molar-refractivity contribution in [3.05, 3.63) is 40.4 Å². The average molecular weight is 245 g/mol. The Kier molecular flexibility index (Phi) is 3.10. The van der Waals surface area contributed by atoms with Gasteiger partial charge in [-0.3, -0.25) is 15.0 Å². The highest BCUT2D eigenvalue weighted by Gasteiger charge is 2.22. The fourth-order valence-corrected chi connectivity index (χ4v) is 1.50. The number of aromatic amines is 2. The Morgan fingerprint density at radius 3 is 2.56 bits per heavy atom. The topological polar surface area (TPSA) is 86.3 Å². The predicted octanol–water partition coefficient (Wildman–Crippen LogP) is 2.81. The lowest BCUT2D eigenvalue weighted by molar-refractivity contribution is 0.567. The Balaban J connectivity index is 2.38. The molecule has 94 valence electrons. The molecule has 2 aromatic rings. The first kappa shape index (κ1) is 12.2. The third kappa shape index (κ3) is 2.53. The third-order valence-corrected chi connectivity index (χ3v) is 2.40. The van der Waals surface area contributed by atoms with E-state index in [4.69, 9.17) is 0 Å². The van der Waals surface area contributed by atoms with Gasteiger partial charge in [0.1, 0.15) is 0 Å². The monoisotopic (exact) mass is 245 g/mol. The Bertz CT molecular complexity index is 603. The molecule has 0 spiro atoms. The van der Waals surface area contributed by atoms with Crippen molar-refractivity contribution in [3.63, 3.8) is 0 Å². The highest BCUT2D eigenvalue weighted by atomic mass is 16.1. The third-order valence-electron chi connectivity index (χ3n) is 2.40. The molecule has 0 fully saturated rings. The molecular formula is C12H15N5O. The Labute approximate surface area is 104 Å².